The Morgan fingerprint density at radius 3 is 2.20 bits per heavy atom. The van der Waals surface area contributed by atoms with Crippen LogP contribution in [0.2, 0.25) is 0 Å². The highest BCUT2D eigenvalue weighted by Crippen LogP contribution is 2.16. The summed E-state index contributed by atoms with van der Waals surface area (Å²) in [5, 5.41) is 8.78. The highest BCUT2D eigenvalue weighted by molar-refractivity contribution is 5.45. The molecule has 0 bridgehead atoms. The number of nitrogens with zero attached hydrogens (tertiary/aromatic N) is 6. The number of anilines is 2. The number of hydrogen-bond donors (Lipinski definition) is 0. The van der Waals surface area contributed by atoms with Crippen molar-refractivity contribution >= 4 is 11.6 Å². The maximum absolute atomic E-state index is 8.78. The minimum Gasteiger partial charge on any atom is -0.353 e. The molecule has 0 aliphatic carbocycles. The summed E-state index contributed by atoms with van der Waals surface area (Å²) in [6, 6.07) is 5.78. The van der Waals surface area contributed by atoms with Crippen LogP contribution in [0.1, 0.15) is 5.56 Å². The highest BCUT2D eigenvalue weighted by Gasteiger charge is 2.18. The molecule has 2 aromatic rings. The van der Waals surface area contributed by atoms with Gasteiger partial charge in [-0.2, -0.15) is 5.26 Å². The SMILES string of the molecule is N#Cc1ccc(N2CCN(c3cnccn3)CC2)nc1. The standard InChI is InChI=1S/C14H14N6/c15-9-12-1-2-13(18-10-12)19-5-7-20(8-6-19)14-11-16-3-4-17-14/h1-4,10-11H,5-8H2. The van der Waals surface area contributed by atoms with Crippen molar-refractivity contribution in [2.45, 2.75) is 0 Å². The molecule has 2 aromatic heterocycles. The third-order valence-electron chi connectivity index (χ3n) is 3.35. The molecule has 0 amide bonds. The molecule has 100 valence electrons. The fourth-order valence-corrected chi connectivity index (χ4v) is 2.26. The van der Waals surface area contributed by atoms with Gasteiger partial charge in [-0.3, -0.25) is 4.98 Å². The quantitative estimate of drug-likeness (QED) is 0.810. The van der Waals surface area contributed by atoms with Crippen molar-refractivity contribution in [3.05, 3.63) is 42.5 Å². The Morgan fingerprint density at radius 1 is 0.900 bits per heavy atom. The molecule has 20 heavy (non-hydrogen) atoms. The Balaban J connectivity index is 1.65. The maximum atomic E-state index is 8.78. The zero-order valence-electron chi connectivity index (χ0n) is 11.0. The van der Waals surface area contributed by atoms with Crippen molar-refractivity contribution in [1.82, 2.24) is 15.0 Å². The lowest BCUT2D eigenvalue weighted by atomic mass is 10.2. The largest absolute Gasteiger partial charge is 0.353 e. The molecule has 6 heteroatoms. The molecular weight excluding hydrogens is 252 g/mol. The monoisotopic (exact) mass is 266 g/mol. The predicted molar refractivity (Wildman–Crippen MR) is 75.4 cm³/mol. The van der Waals surface area contributed by atoms with Crippen LogP contribution in [-0.2, 0) is 0 Å². The van der Waals surface area contributed by atoms with E-state index in [-0.39, 0.29) is 0 Å². The molecule has 0 aromatic carbocycles. The molecular formula is C14H14N6. The van der Waals surface area contributed by atoms with Crippen LogP contribution in [0.3, 0.4) is 0 Å². The first-order chi connectivity index (χ1) is 9.86. The predicted octanol–water partition coefficient (Wildman–Crippen LogP) is 1.07. The van der Waals surface area contributed by atoms with Gasteiger partial charge in [-0.25, -0.2) is 9.97 Å². The molecule has 1 fully saturated rings. The van der Waals surface area contributed by atoms with Gasteiger partial charge in [-0.15, -0.1) is 0 Å². The van der Waals surface area contributed by atoms with Crippen molar-refractivity contribution in [2.75, 3.05) is 36.0 Å². The molecule has 6 nitrogen and oxygen atoms in total. The smallest absolute Gasteiger partial charge is 0.147 e. The van der Waals surface area contributed by atoms with Gasteiger partial charge in [0.1, 0.15) is 17.7 Å². The average Bonchev–Trinajstić information content (AvgIpc) is 2.56. The number of aromatic nitrogens is 3. The van der Waals surface area contributed by atoms with Gasteiger partial charge in [0.2, 0.25) is 0 Å². The summed E-state index contributed by atoms with van der Waals surface area (Å²) < 4.78 is 0. The molecule has 3 heterocycles. The lowest BCUT2D eigenvalue weighted by Crippen LogP contribution is -2.47. The van der Waals surface area contributed by atoms with Crippen molar-refractivity contribution in [3.63, 3.8) is 0 Å². The van der Waals surface area contributed by atoms with Gasteiger partial charge in [-0.05, 0) is 12.1 Å². The number of hydrogen-bond acceptors (Lipinski definition) is 6. The fraction of sp³-hybridized carbons (Fsp3) is 0.286. The van der Waals surface area contributed by atoms with Gasteiger partial charge in [0.05, 0.1) is 11.8 Å². The van der Waals surface area contributed by atoms with Gasteiger partial charge in [0.25, 0.3) is 0 Å². The van der Waals surface area contributed by atoms with E-state index in [0.29, 0.717) is 5.56 Å². The molecule has 1 aliphatic rings. The van der Waals surface area contributed by atoms with E-state index in [1.807, 2.05) is 6.07 Å². The van der Waals surface area contributed by atoms with Crippen LogP contribution < -0.4 is 9.80 Å². The summed E-state index contributed by atoms with van der Waals surface area (Å²) in [5.41, 5.74) is 0.590. The first-order valence-electron chi connectivity index (χ1n) is 6.49. The van der Waals surface area contributed by atoms with E-state index in [2.05, 4.69) is 30.8 Å². The van der Waals surface area contributed by atoms with Crippen molar-refractivity contribution < 1.29 is 0 Å². The minimum atomic E-state index is 0.590. The van der Waals surface area contributed by atoms with Crippen molar-refractivity contribution in [3.8, 4) is 6.07 Å². The van der Waals surface area contributed by atoms with Crippen molar-refractivity contribution in [2.24, 2.45) is 0 Å². The summed E-state index contributed by atoms with van der Waals surface area (Å²) in [6.45, 7) is 3.55. The second-order valence-electron chi connectivity index (χ2n) is 4.55. The summed E-state index contributed by atoms with van der Waals surface area (Å²) in [4.78, 5) is 17.2. The number of rotatable bonds is 2. The Bertz CT molecular complexity index is 596. The molecule has 1 saturated heterocycles. The van der Waals surface area contributed by atoms with E-state index in [4.69, 9.17) is 5.26 Å². The third-order valence-corrected chi connectivity index (χ3v) is 3.35. The van der Waals surface area contributed by atoms with Crippen LogP contribution in [0.15, 0.2) is 36.9 Å². The Morgan fingerprint density at radius 2 is 1.65 bits per heavy atom. The van der Waals surface area contributed by atoms with Crippen molar-refractivity contribution in [1.29, 1.82) is 5.26 Å². The van der Waals surface area contributed by atoms with Crippen LogP contribution in [-0.4, -0.2) is 41.1 Å². The molecule has 0 saturated carbocycles. The first kappa shape index (κ1) is 12.4. The Labute approximate surface area is 117 Å². The van der Waals surface area contributed by atoms with Gasteiger partial charge in [0, 0.05) is 44.8 Å². The number of piperazine rings is 1. The molecule has 0 radical (unpaired) electrons. The van der Waals surface area contributed by atoms with E-state index in [0.717, 1.165) is 37.8 Å². The van der Waals surface area contributed by atoms with Gasteiger partial charge in [-0.1, -0.05) is 0 Å². The zero-order chi connectivity index (χ0) is 13.8. The summed E-state index contributed by atoms with van der Waals surface area (Å²) in [7, 11) is 0. The fourth-order valence-electron chi connectivity index (χ4n) is 2.26. The topological polar surface area (TPSA) is 68.9 Å². The van der Waals surface area contributed by atoms with Gasteiger partial charge < -0.3 is 9.80 Å². The second kappa shape index (κ2) is 5.53. The lowest BCUT2D eigenvalue weighted by molar-refractivity contribution is 0.640. The van der Waals surface area contributed by atoms with Gasteiger partial charge in [0.15, 0.2) is 0 Å². The number of pyridine rings is 1. The highest BCUT2D eigenvalue weighted by atomic mass is 15.3. The Kier molecular flexibility index (Phi) is 3.42. The summed E-state index contributed by atoms with van der Waals surface area (Å²) in [6.07, 6.45) is 6.80. The molecule has 1 aliphatic heterocycles. The molecule has 3 rings (SSSR count). The Hall–Kier alpha value is -2.68. The molecule has 0 N–H and O–H groups in total. The molecule has 0 unspecified atom stereocenters. The minimum absolute atomic E-state index is 0.590. The van der Waals surface area contributed by atoms with E-state index in [1.165, 1.54) is 0 Å². The van der Waals surface area contributed by atoms with Crippen LogP contribution in [0, 0.1) is 11.3 Å². The second-order valence-corrected chi connectivity index (χ2v) is 4.55. The van der Waals surface area contributed by atoms with Crippen LogP contribution in [0.5, 0.6) is 0 Å². The molecule has 0 atom stereocenters. The molecule has 0 spiro atoms. The number of nitriles is 1. The zero-order valence-corrected chi connectivity index (χ0v) is 11.0. The lowest BCUT2D eigenvalue weighted by Gasteiger charge is -2.35. The third kappa shape index (κ3) is 2.52. The normalized spacial score (nSPS) is 14.9. The van der Waals surface area contributed by atoms with E-state index in [1.54, 1.807) is 30.9 Å². The average molecular weight is 266 g/mol. The maximum Gasteiger partial charge on any atom is 0.147 e. The van der Waals surface area contributed by atoms with Gasteiger partial charge >= 0.3 is 0 Å². The van der Waals surface area contributed by atoms with Crippen LogP contribution in [0.25, 0.3) is 0 Å². The van der Waals surface area contributed by atoms with Crippen LogP contribution in [0.4, 0.5) is 11.6 Å². The van der Waals surface area contributed by atoms with E-state index >= 15 is 0 Å². The summed E-state index contributed by atoms with van der Waals surface area (Å²) in [5.74, 6) is 1.84. The summed E-state index contributed by atoms with van der Waals surface area (Å²) >= 11 is 0. The first-order valence-corrected chi connectivity index (χ1v) is 6.49. The van der Waals surface area contributed by atoms with E-state index < -0.39 is 0 Å². The van der Waals surface area contributed by atoms with E-state index in [9.17, 15) is 0 Å². The van der Waals surface area contributed by atoms with Crippen LogP contribution >= 0.6 is 0 Å².